The highest BCUT2D eigenvalue weighted by Crippen LogP contribution is 2.23. The molecule has 8 heteroatoms. The molecule has 1 aromatic carbocycles. The van der Waals surface area contributed by atoms with E-state index >= 15 is 0 Å². The fourth-order valence-corrected chi connectivity index (χ4v) is 1.86. The molecule has 0 radical (unpaired) electrons. The molecule has 5 nitrogen and oxygen atoms in total. The zero-order valence-electron chi connectivity index (χ0n) is 10.5. The van der Waals surface area contributed by atoms with Crippen molar-refractivity contribution in [3.8, 4) is 0 Å². The highest BCUT2D eigenvalue weighted by Gasteiger charge is 2.14. The normalized spacial score (nSPS) is 11.8. The van der Waals surface area contributed by atoms with Crippen LogP contribution in [0, 0.1) is 17.6 Å². The molecule has 0 saturated heterocycles. The second kappa shape index (κ2) is 7.18. The van der Waals surface area contributed by atoms with E-state index < -0.39 is 29.3 Å². The van der Waals surface area contributed by atoms with Gasteiger partial charge in [0.15, 0.2) is 11.6 Å². The van der Waals surface area contributed by atoms with Crippen LogP contribution in [0.15, 0.2) is 16.6 Å². The number of hydrogen-bond acceptors (Lipinski definition) is 2. The molecule has 0 aromatic heterocycles. The van der Waals surface area contributed by atoms with Crippen LogP contribution in [0.4, 0.5) is 19.3 Å². The van der Waals surface area contributed by atoms with Gasteiger partial charge >= 0.3 is 12.0 Å². The third-order valence-corrected chi connectivity index (χ3v) is 2.84. The molecule has 0 spiro atoms. The van der Waals surface area contributed by atoms with Crippen LogP contribution >= 0.6 is 15.9 Å². The Morgan fingerprint density at radius 2 is 1.90 bits per heavy atom. The van der Waals surface area contributed by atoms with Gasteiger partial charge in [-0.25, -0.2) is 13.6 Å². The van der Waals surface area contributed by atoms with Gasteiger partial charge in [0, 0.05) is 17.4 Å². The second-order valence-corrected chi connectivity index (χ2v) is 5.20. The van der Waals surface area contributed by atoms with Crippen LogP contribution < -0.4 is 10.6 Å². The zero-order chi connectivity index (χ0) is 15.3. The first-order valence-corrected chi connectivity index (χ1v) is 6.50. The van der Waals surface area contributed by atoms with Crippen LogP contribution in [0.1, 0.15) is 13.3 Å². The van der Waals surface area contributed by atoms with Crippen molar-refractivity contribution in [1.29, 1.82) is 0 Å². The van der Waals surface area contributed by atoms with Gasteiger partial charge in [0.05, 0.1) is 0 Å². The summed E-state index contributed by atoms with van der Waals surface area (Å²) >= 11 is 2.92. The first kappa shape index (κ1) is 16.4. The van der Waals surface area contributed by atoms with Crippen LogP contribution in [0.5, 0.6) is 0 Å². The predicted octanol–water partition coefficient (Wildman–Crippen LogP) is 2.96. The quantitative estimate of drug-likeness (QED) is 0.763. The number of carbonyl (C=O) groups is 2. The number of amides is 2. The monoisotopic (exact) mass is 350 g/mol. The standard InChI is InChI=1S/C12H13BrF2N2O3/c1-6(2-10(18)19)5-16-12(20)17-11-8(14)3-7(13)4-9(11)15/h3-4,6H,2,5H2,1H3,(H,18,19)(H2,16,17,20). The maximum atomic E-state index is 13.5. The van der Waals surface area contributed by atoms with E-state index in [-0.39, 0.29) is 23.4 Å². The molecule has 2 amide bonds. The molecule has 0 aliphatic rings. The molecule has 0 heterocycles. The molecule has 20 heavy (non-hydrogen) atoms. The van der Waals surface area contributed by atoms with E-state index in [0.717, 1.165) is 12.1 Å². The van der Waals surface area contributed by atoms with Crippen LogP contribution in [0.3, 0.4) is 0 Å². The average Bonchev–Trinajstić information content (AvgIpc) is 2.30. The van der Waals surface area contributed by atoms with Gasteiger partial charge in [0.25, 0.3) is 0 Å². The molecule has 1 atom stereocenters. The van der Waals surface area contributed by atoms with E-state index in [1.165, 1.54) is 0 Å². The van der Waals surface area contributed by atoms with Crippen LogP contribution in [0.25, 0.3) is 0 Å². The second-order valence-electron chi connectivity index (χ2n) is 4.28. The van der Waals surface area contributed by atoms with Gasteiger partial charge in [-0.3, -0.25) is 4.79 Å². The Morgan fingerprint density at radius 3 is 2.40 bits per heavy atom. The van der Waals surface area contributed by atoms with E-state index in [1.807, 2.05) is 5.32 Å². The van der Waals surface area contributed by atoms with Crippen LogP contribution in [0.2, 0.25) is 0 Å². The van der Waals surface area contributed by atoms with Gasteiger partial charge in [0.2, 0.25) is 0 Å². The summed E-state index contributed by atoms with van der Waals surface area (Å²) in [7, 11) is 0. The number of carbonyl (C=O) groups excluding carboxylic acids is 1. The maximum Gasteiger partial charge on any atom is 0.319 e. The SMILES string of the molecule is CC(CNC(=O)Nc1c(F)cc(Br)cc1F)CC(=O)O. The summed E-state index contributed by atoms with van der Waals surface area (Å²) in [6.07, 6.45) is -0.110. The topological polar surface area (TPSA) is 78.4 Å². The van der Waals surface area contributed by atoms with E-state index in [2.05, 4.69) is 21.2 Å². The van der Waals surface area contributed by atoms with Crippen molar-refractivity contribution in [3.63, 3.8) is 0 Å². The summed E-state index contributed by atoms with van der Waals surface area (Å²) < 4.78 is 27.1. The van der Waals surface area contributed by atoms with Crippen molar-refractivity contribution < 1.29 is 23.5 Å². The molecule has 110 valence electrons. The third-order valence-electron chi connectivity index (χ3n) is 2.38. The summed E-state index contributed by atoms with van der Waals surface area (Å²) in [4.78, 5) is 21.9. The largest absolute Gasteiger partial charge is 0.481 e. The summed E-state index contributed by atoms with van der Waals surface area (Å²) in [5.41, 5.74) is -0.559. The van der Waals surface area contributed by atoms with Gasteiger partial charge in [-0.1, -0.05) is 22.9 Å². The Kier molecular flexibility index (Phi) is 5.87. The molecule has 3 N–H and O–H groups in total. The van der Waals surface area contributed by atoms with E-state index in [9.17, 15) is 18.4 Å². The summed E-state index contributed by atoms with van der Waals surface area (Å²) in [6, 6.07) is 1.24. The van der Waals surface area contributed by atoms with Crippen molar-refractivity contribution in [2.45, 2.75) is 13.3 Å². The Bertz CT molecular complexity index is 502. The lowest BCUT2D eigenvalue weighted by Crippen LogP contribution is -2.33. The zero-order valence-corrected chi connectivity index (χ0v) is 12.1. The lowest BCUT2D eigenvalue weighted by Gasteiger charge is -2.12. The molecule has 0 bridgehead atoms. The van der Waals surface area contributed by atoms with Crippen molar-refractivity contribution in [2.24, 2.45) is 5.92 Å². The Morgan fingerprint density at radius 1 is 1.35 bits per heavy atom. The van der Waals surface area contributed by atoms with Gasteiger partial charge in [-0.2, -0.15) is 0 Å². The number of carboxylic acids is 1. The maximum absolute atomic E-state index is 13.5. The molecule has 1 aromatic rings. The minimum atomic E-state index is -0.982. The van der Waals surface area contributed by atoms with Crippen molar-refractivity contribution >= 4 is 33.6 Å². The number of urea groups is 1. The van der Waals surface area contributed by atoms with Crippen molar-refractivity contribution in [1.82, 2.24) is 5.32 Å². The molecule has 0 saturated carbocycles. The Labute approximate surface area is 122 Å². The molecule has 1 unspecified atom stereocenters. The van der Waals surface area contributed by atoms with Gasteiger partial charge < -0.3 is 15.7 Å². The highest BCUT2D eigenvalue weighted by molar-refractivity contribution is 9.10. The predicted molar refractivity (Wildman–Crippen MR) is 72.5 cm³/mol. The summed E-state index contributed by atoms with van der Waals surface area (Å²) in [6.45, 7) is 1.72. The number of carboxylic acid groups (broad SMARTS) is 1. The van der Waals surface area contributed by atoms with Gasteiger partial charge in [-0.05, 0) is 18.1 Å². The molecular weight excluding hydrogens is 338 g/mol. The molecule has 0 aliphatic heterocycles. The van der Waals surface area contributed by atoms with E-state index in [0.29, 0.717) is 0 Å². The number of benzene rings is 1. The van der Waals surface area contributed by atoms with Crippen molar-refractivity contribution in [3.05, 3.63) is 28.2 Å². The summed E-state index contributed by atoms with van der Waals surface area (Å²) in [5, 5.41) is 12.9. The number of halogens is 3. The average molecular weight is 351 g/mol. The number of anilines is 1. The highest BCUT2D eigenvalue weighted by atomic mass is 79.9. The minimum Gasteiger partial charge on any atom is -0.481 e. The smallest absolute Gasteiger partial charge is 0.319 e. The molecule has 1 rings (SSSR count). The fraction of sp³-hybridized carbons (Fsp3) is 0.333. The van der Waals surface area contributed by atoms with E-state index in [4.69, 9.17) is 5.11 Å². The summed E-state index contributed by atoms with van der Waals surface area (Å²) in [5.74, 6) is -3.10. The molecule has 0 aliphatic carbocycles. The van der Waals surface area contributed by atoms with Crippen LogP contribution in [-0.4, -0.2) is 23.7 Å². The first-order valence-electron chi connectivity index (χ1n) is 5.70. The lowest BCUT2D eigenvalue weighted by atomic mass is 10.1. The first-order chi connectivity index (χ1) is 9.29. The van der Waals surface area contributed by atoms with Crippen LogP contribution in [-0.2, 0) is 4.79 Å². The minimum absolute atomic E-state index is 0.0812. The van der Waals surface area contributed by atoms with Gasteiger partial charge in [0.1, 0.15) is 5.69 Å². The number of hydrogen-bond donors (Lipinski definition) is 3. The van der Waals surface area contributed by atoms with E-state index in [1.54, 1.807) is 6.92 Å². The number of aliphatic carboxylic acids is 1. The molecular formula is C12H13BrF2N2O3. The lowest BCUT2D eigenvalue weighted by molar-refractivity contribution is -0.137. The number of rotatable bonds is 5. The Hall–Kier alpha value is -1.70. The van der Waals surface area contributed by atoms with Gasteiger partial charge in [-0.15, -0.1) is 0 Å². The Balaban J connectivity index is 2.57. The number of nitrogens with one attached hydrogen (secondary N) is 2. The fourth-order valence-electron chi connectivity index (χ4n) is 1.46. The molecule has 0 fully saturated rings. The van der Waals surface area contributed by atoms with Crippen molar-refractivity contribution in [2.75, 3.05) is 11.9 Å². The third kappa shape index (κ3) is 5.12.